The smallest absolute Gasteiger partial charge is 0.200 e. The van der Waals surface area contributed by atoms with E-state index >= 15 is 17.6 Å². The van der Waals surface area contributed by atoms with Gasteiger partial charge in [0, 0.05) is 38.6 Å². The van der Waals surface area contributed by atoms with Crippen molar-refractivity contribution in [2.45, 2.75) is 25.4 Å². The zero-order chi connectivity index (χ0) is 35.3. The molecule has 49 heavy (non-hydrogen) atoms. The van der Waals surface area contributed by atoms with Crippen LogP contribution < -0.4 is 0 Å². The van der Waals surface area contributed by atoms with E-state index in [9.17, 15) is 31.4 Å². The Bertz CT molecular complexity index is 2410. The maximum atomic E-state index is 15.4. The van der Waals surface area contributed by atoms with Gasteiger partial charge in [0.1, 0.15) is 6.10 Å². The summed E-state index contributed by atoms with van der Waals surface area (Å²) < 4.78 is 148. The van der Waals surface area contributed by atoms with Crippen LogP contribution in [0.15, 0.2) is 36.4 Å². The molecule has 5 nitrogen and oxygen atoms in total. The lowest BCUT2D eigenvalue weighted by molar-refractivity contribution is 0.109. The third kappa shape index (κ3) is 4.74. The number of aliphatic hydroxyl groups excluding tert-OH is 1. The topological polar surface area (TPSA) is 77.6 Å². The summed E-state index contributed by atoms with van der Waals surface area (Å²) in [5.41, 5.74) is -6.07. The number of nitrogens with zero attached hydrogens (tertiary/aromatic N) is 2. The number of hydrogen-bond donors (Lipinski definition) is 3. The van der Waals surface area contributed by atoms with Crippen molar-refractivity contribution in [1.82, 2.24) is 19.9 Å². The van der Waals surface area contributed by atoms with E-state index < -0.39 is 103 Å². The fourth-order valence-corrected chi connectivity index (χ4v) is 5.87. The Kier molecular flexibility index (Phi) is 7.24. The van der Waals surface area contributed by atoms with E-state index in [0.717, 1.165) is 12.2 Å². The number of rotatable bonds is 2. The number of aromatic nitrogens is 4. The van der Waals surface area contributed by atoms with E-state index in [1.165, 1.54) is 36.4 Å². The standard InChI is InChI=1S/C34H18F10N4O/c1-34(2)18-10-12-4-6-14(46-12)20(22-25(37)29(41)32(44)30(42)26(22)38)16-8-7-15(47-16)19(21-23(35)27(39)31(43)28(40)24(21)36)13-5-3-11(45-13)9-17(48-18)33(34)49/h3-10,33,45-46,49H,1-2H3. The first-order valence-electron chi connectivity index (χ1n) is 14.3. The molecule has 3 aromatic heterocycles. The summed E-state index contributed by atoms with van der Waals surface area (Å²) in [7, 11) is 0. The van der Waals surface area contributed by atoms with E-state index in [4.69, 9.17) is 0 Å². The Morgan fingerprint density at radius 1 is 0.531 bits per heavy atom. The van der Waals surface area contributed by atoms with E-state index in [1.807, 2.05) is 0 Å². The molecule has 1 unspecified atom stereocenters. The Hall–Kier alpha value is -5.44. The molecule has 250 valence electrons. The van der Waals surface area contributed by atoms with Gasteiger partial charge >= 0.3 is 0 Å². The molecule has 2 aliphatic heterocycles. The Balaban J connectivity index is 1.72. The summed E-state index contributed by atoms with van der Waals surface area (Å²) in [6.45, 7) is 3.31. The molecule has 5 heterocycles. The highest BCUT2D eigenvalue weighted by atomic mass is 19.2. The summed E-state index contributed by atoms with van der Waals surface area (Å²) in [5.74, 6) is -22.9. The predicted molar refractivity (Wildman–Crippen MR) is 158 cm³/mol. The van der Waals surface area contributed by atoms with Crippen LogP contribution in [0.4, 0.5) is 43.9 Å². The minimum Gasteiger partial charge on any atom is -0.386 e. The molecule has 7 rings (SSSR count). The summed E-state index contributed by atoms with van der Waals surface area (Å²) in [5, 5.41) is 11.1. The van der Waals surface area contributed by atoms with Crippen LogP contribution in [-0.2, 0) is 5.41 Å². The van der Waals surface area contributed by atoms with E-state index in [-0.39, 0.29) is 27.8 Å². The molecule has 15 heteroatoms. The molecule has 5 aromatic rings. The number of aromatic amines is 2. The molecule has 2 aromatic carbocycles. The van der Waals surface area contributed by atoms with Crippen molar-refractivity contribution in [3.63, 3.8) is 0 Å². The van der Waals surface area contributed by atoms with Crippen molar-refractivity contribution < 1.29 is 49.0 Å². The molecular formula is C34H18F10N4O. The summed E-state index contributed by atoms with van der Waals surface area (Å²) in [6.07, 6.45) is 0.791. The molecular weight excluding hydrogens is 670 g/mol. The average Bonchev–Trinajstić information content (AvgIpc) is 3.88. The Morgan fingerprint density at radius 3 is 1.35 bits per heavy atom. The van der Waals surface area contributed by atoms with Gasteiger partial charge in [0.25, 0.3) is 0 Å². The lowest BCUT2D eigenvalue weighted by Crippen LogP contribution is -2.21. The van der Waals surface area contributed by atoms with Gasteiger partial charge < -0.3 is 15.1 Å². The van der Waals surface area contributed by atoms with Gasteiger partial charge in [-0.15, -0.1) is 0 Å². The normalized spacial score (nSPS) is 15.3. The first kappa shape index (κ1) is 32.1. The van der Waals surface area contributed by atoms with Crippen LogP contribution in [0.1, 0.15) is 42.7 Å². The number of benzene rings is 2. The maximum Gasteiger partial charge on any atom is 0.200 e. The van der Waals surface area contributed by atoms with E-state index in [0.29, 0.717) is 5.69 Å². The molecule has 1 atom stereocenters. The fraction of sp³-hybridized carbons (Fsp3) is 0.118. The van der Waals surface area contributed by atoms with Crippen LogP contribution in [0, 0.1) is 58.2 Å². The van der Waals surface area contributed by atoms with Gasteiger partial charge in [-0.3, -0.25) is 4.98 Å². The van der Waals surface area contributed by atoms with Crippen molar-refractivity contribution >= 4 is 34.2 Å². The first-order chi connectivity index (χ1) is 23.1. The summed E-state index contributed by atoms with van der Waals surface area (Å²) >= 11 is 0. The van der Waals surface area contributed by atoms with E-state index in [1.54, 1.807) is 13.8 Å². The molecule has 0 radical (unpaired) electrons. The Morgan fingerprint density at radius 2 is 0.918 bits per heavy atom. The highest BCUT2D eigenvalue weighted by molar-refractivity contribution is 5.95. The number of H-pyrrole nitrogens is 2. The van der Waals surface area contributed by atoms with Gasteiger partial charge in [0.05, 0.1) is 33.9 Å². The number of fused-ring (bicyclic) bond motifs is 8. The zero-order valence-corrected chi connectivity index (χ0v) is 24.8. The average molecular weight is 689 g/mol. The quantitative estimate of drug-likeness (QED) is 0.0965. The second-order valence-corrected chi connectivity index (χ2v) is 11.8. The van der Waals surface area contributed by atoms with Crippen LogP contribution in [0.5, 0.6) is 0 Å². The predicted octanol–water partition coefficient (Wildman–Crippen LogP) is 9.22. The second kappa shape index (κ2) is 11.1. The second-order valence-electron chi connectivity index (χ2n) is 11.8. The summed E-state index contributed by atoms with van der Waals surface area (Å²) in [4.78, 5) is 14.3. The third-order valence-electron chi connectivity index (χ3n) is 8.50. The largest absolute Gasteiger partial charge is 0.386 e. The van der Waals surface area contributed by atoms with Crippen molar-refractivity contribution in [3.8, 4) is 22.3 Å². The van der Waals surface area contributed by atoms with Crippen LogP contribution in [0.2, 0.25) is 0 Å². The Labute approximate surface area is 268 Å². The fourth-order valence-electron chi connectivity index (χ4n) is 5.87. The molecule has 0 amide bonds. The van der Waals surface area contributed by atoms with Gasteiger partial charge in [-0.2, -0.15) is 0 Å². The van der Waals surface area contributed by atoms with Gasteiger partial charge in [-0.05, 0) is 48.6 Å². The first-order valence-corrected chi connectivity index (χ1v) is 14.3. The molecule has 0 saturated heterocycles. The van der Waals surface area contributed by atoms with Gasteiger partial charge in [0.15, 0.2) is 46.5 Å². The van der Waals surface area contributed by atoms with Crippen LogP contribution in [-0.4, -0.2) is 25.0 Å². The summed E-state index contributed by atoms with van der Waals surface area (Å²) in [6, 6.07) is 8.08. The van der Waals surface area contributed by atoms with Crippen LogP contribution in [0.25, 0.3) is 56.5 Å². The molecule has 0 saturated carbocycles. The minimum atomic E-state index is -2.44. The number of nitrogens with one attached hydrogen (secondary N) is 2. The minimum absolute atomic E-state index is 0.115. The third-order valence-corrected chi connectivity index (χ3v) is 8.50. The highest BCUT2D eigenvalue weighted by Gasteiger charge is 2.38. The zero-order valence-electron chi connectivity index (χ0n) is 24.8. The maximum absolute atomic E-state index is 15.4. The molecule has 0 fully saturated rings. The SMILES string of the molecule is CC1(C)c2cc3ccc([nH]3)c(-c3c(F)c(F)c(F)c(F)c3F)c3nc(c(-c4c(F)c(F)c(F)c(F)c4F)c4ccc(cc(n2)C1O)[nH]4)C=C3. The lowest BCUT2D eigenvalue weighted by atomic mass is 9.84. The van der Waals surface area contributed by atoms with Crippen LogP contribution in [0.3, 0.4) is 0 Å². The monoisotopic (exact) mass is 688 g/mol. The van der Waals surface area contributed by atoms with Crippen molar-refractivity contribution in [1.29, 1.82) is 0 Å². The molecule has 0 spiro atoms. The molecule has 8 bridgehead atoms. The van der Waals surface area contributed by atoms with Gasteiger partial charge in [0.2, 0.25) is 11.6 Å². The van der Waals surface area contributed by atoms with Crippen molar-refractivity contribution in [2.24, 2.45) is 0 Å². The number of halogens is 10. The lowest BCUT2D eigenvalue weighted by Gasteiger charge is -2.22. The van der Waals surface area contributed by atoms with Gasteiger partial charge in [-0.25, -0.2) is 48.9 Å². The van der Waals surface area contributed by atoms with Crippen LogP contribution >= 0.6 is 0 Å². The highest BCUT2D eigenvalue weighted by Crippen LogP contribution is 2.42. The number of hydrogen-bond acceptors (Lipinski definition) is 3. The van der Waals surface area contributed by atoms with Crippen molar-refractivity contribution in [2.75, 3.05) is 0 Å². The molecule has 0 aliphatic carbocycles. The molecule has 2 aliphatic rings. The molecule has 3 N–H and O–H groups in total. The van der Waals surface area contributed by atoms with Crippen molar-refractivity contribution in [3.05, 3.63) is 117 Å². The van der Waals surface area contributed by atoms with E-state index in [2.05, 4.69) is 19.9 Å². The number of aliphatic hydroxyl groups is 1. The van der Waals surface area contributed by atoms with Gasteiger partial charge in [-0.1, -0.05) is 13.8 Å².